The number of hydrogen-bond acceptors (Lipinski definition) is 2. The smallest absolute Gasteiger partial charge is 0.0465 e. The van der Waals surface area contributed by atoms with E-state index in [2.05, 4.69) is 51.2 Å². The van der Waals surface area contributed by atoms with Crippen molar-refractivity contribution < 1.29 is 4.74 Å². The molecule has 18 heavy (non-hydrogen) atoms. The number of aryl methyl sites for hydroxylation is 2. The molecular formula is C16H27NO. The number of rotatable bonds is 7. The standard InChI is InChI=1S/C16H27NO/c1-6-17-16(13(3)9-10-18-5)15-8-7-12(2)11-14(15)4/h7-8,11,13,16-17H,6,9-10H2,1-5H3. The van der Waals surface area contributed by atoms with Crippen LogP contribution in [0, 0.1) is 19.8 Å². The van der Waals surface area contributed by atoms with Gasteiger partial charge in [0.15, 0.2) is 0 Å². The molecule has 2 unspecified atom stereocenters. The molecule has 0 aliphatic rings. The lowest BCUT2D eigenvalue weighted by molar-refractivity contribution is 0.170. The number of hydrogen-bond donors (Lipinski definition) is 1. The Bertz CT molecular complexity index is 362. The Kier molecular flexibility index (Phi) is 6.37. The summed E-state index contributed by atoms with van der Waals surface area (Å²) in [5, 5.41) is 3.61. The number of ether oxygens (including phenoxy) is 1. The second-order valence-corrected chi connectivity index (χ2v) is 5.15. The molecule has 0 amide bonds. The third kappa shape index (κ3) is 4.11. The first-order chi connectivity index (χ1) is 8.60. The van der Waals surface area contributed by atoms with Gasteiger partial charge in [0.2, 0.25) is 0 Å². The second kappa shape index (κ2) is 7.55. The Morgan fingerprint density at radius 1 is 1.28 bits per heavy atom. The maximum absolute atomic E-state index is 5.20. The predicted octanol–water partition coefficient (Wildman–Crippen LogP) is 3.63. The van der Waals surface area contributed by atoms with Gasteiger partial charge in [0.1, 0.15) is 0 Å². The van der Waals surface area contributed by atoms with E-state index in [4.69, 9.17) is 4.74 Å². The van der Waals surface area contributed by atoms with Gasteiger partial charge in [-0.3, -0.25) is 0 Å². The molecule has 0 heterocycles. The highest BCUT2D eigenvalue weighted by Crippen LogP contribution is 2.27. The summed E-state index contributed by atoms with van der Waals surface area (Å²) in [6.45, 7) is 10.6. The zero-order chi connectivity index (χ0) is 13.5. The molecule has 0 radical (unpaired) electrons. The van der Waals surface area contributed by atoms with Crippen LogP contribution >= 0.6 is 0 Å². The maximum Gasteiger partial charge on any atom is 0.0465 e. The van der Waals surface area contributed by atoms with Crippen LogP contribution in [0.5, 0.6) is 0 Å². The van der Waals surface area contributed by atoms with Gasteiger partial charge in [-0.2, -0.15) is 0 Å². The van der Waals surface area contributed by atoms with Crippen LogP contribution in [0.25, 0.3) is 0 Å². The van der Waals surface area contributed by atoms with Crippen LogP contribution in [0.1, 0.15) is 43.0 Å². The summed E-state index contributed by atoms with van der Waals surface area (Å²) in [7, 11) is 1.77. The largest absolute Gasteiger partial charge is 0.385 e. The van der Waals surface area contributed by atoms with Gasteiger partial charge in [0.05, 0.1) is 0 Å². The van der Waals surface area contributed by atoms with Crippen LogP contribution in [0.15, 0.2) is 18.2 Å². The van der Waals surface area contributed by atoms with Crippen LogP contribution in [0.3, 0.4) is 0 Å². The van der Waals surface area contributed by atoms with Crippen LogP contribution in [0.4, 0.5) is 0 Å². The van der Waals surface area contributed by atoms with Crippen molar-refractivity contribution in [3.05, 3.63) is 34.9 Å². The molecule has 0 aliphatic carbocycles. The third-order valence-electron chi connectivity index (χ3n) is 3.53. The van der Waals surface area contributed by atoms with Gasteiger partial charge in [-0.05, 0) is 43.9 Å². The topological polar surface area (TPSA) is 21.3 Å². The fourth-order valence-corrected chi connectivity index (χ4v) is 2.48. The Labute approximate surface area is 112 Å². The minimum atomic E-state index is 0.422. The first-order valence-corrected chi connectivity index (χ1v) is 6.89. The average molecular weight is 249 g/mol. The van der Waals surface area contributed by atoms with Crippen LogP contribution in [-0.4, -0.2) is 20.3 Å². The van der Waals surface area contributed by atoms with Crippen LogP contribution in [-0.2, 0) is 4.74 Å². The Balaban J connectivity index is 2.88. The lowest BCUT2D eigenvalue weighted by atomic mass is 9.89. The SMILES string of the molecule is CCNC(c1ccc(C)cc1C)C(C)CCOC. The molecule has 2 heteroatoms. The van der Waals surface area contributed by atoms with Gasteiger partial charge in [0, 0.05) is 19.8 Å². The number of nitrogens with one attached hydrogen (secondary N) is 1. The maximum atomic E-state index is 5.20. The highest BCUT2D eigenvalue weighted by Gasteiger charge is 2.19. The van der Waals surface area contributed by atoms with E-state index < -0.39 is 0 Å². The van der Waals surface area contributed by atoms with E-state index in [0.29, 0.717) is 12.0 Å². The molecule has 0 saturated heterocycles. The van der Waals surface area contributed by atoms with Crippen LogP contribution < -0.4 is 5.32 Å². The van der Waals surface area contributed by atoms with Gasteiger partial charge >= 0.3 is 0 Å². The van der Waals surface area contributed by atoms with Crippen LogP contribution in [0.2, 0.25) is 0 Å². The van der Waals surface area contributed by atoms with E-state index in [1.165, 1.54) is 16.7 Å². The van der Waals surface area contributed by atoms with Gasteiger partial charge in [-0.15, -0.1) is 0 Å². The van der Waals surface area contributed by atoms with Gasteiger partial charge < -0.3 is 10.1 Å². The van der Waals surface area contributed by atoms with Crippen molar-refractivity contribution >= 4 is 0 Å². The molecule has 0 aromatic heterocycles. The fraction of sp³-hybridized carbons (Fsp3) is 0.625. The van der Waals surface area contributed by atoms with E-state index in [9.17, 15) is 0 Å². The van der Waals surface area contributed by atoms with E-state index in [-0.39, 0.29) is 0 Å². The molecule has 2 nitrogen and oxygen atoms in total. The van der Waals surface area contributed by atoms with Crippen molar-refractivity contribution in [3.63, 3.8) is 0 Å². The van der Waals surface area contributed by atoms with Gasteiger partial charge in [-0.1, -0.05) is 37.6 Å². The van der Waals surface area contributed by atoms with Crippen molar-refractivity contribution in [2.24, 2.45) is 5.92 Å². The first kappa shape index (κ1) is 15.2. The molecule has 0 fully saturated rings. The third-order valence-corrected chi connectivity index (χ3v) is 3.53. The Morgan fingerprint density at radius 2 is 2.00 bits per heavy atom. The van der Waals surface area contributed by atoms with Crippen molar-refractivity contribution in [2.75, 3.05) is 20.3 Å². The summed E-state index contributed by atoms with van der Waals surface area (Å²) in [4.78, 5) is 0. The highest BCUT2D eigenvalue weighted by molar-refractivity contribution is 5.33. The molecule has 1 rings (SSSR count). The molecule has 1 aromatic rings. The molecule has 1 N–H and O–H groups in total. The van der Waals surface area contributed by atoms with Gasteiger partial charge in [-0.25, -0.2) is 0 Å². The highest BCUT2D eigenvalue weighted by atomic mass is 16.5. The van der Waals surface area contributed by atoms with E-state index >= 15 is 0 Å². The molecule has 102 valence electrons. The molecule has 0 aliphatic heterocycles. The number of methoxy groups -OCH3 is 1. The zero-order valence-corrected chi connectivity index (χ0v) is 12.4. The molecule has 0 saturated carbocycles. The molecule has 2 atom stereocenters. The number of benzene rings is 1. The van der Waals surface area contributed by atoms with Crippen molar-refractivity contribution in [1.82, 2.24) is 5.32 Å². The zero-order valence-electron chi connectivity index (χ0n) is 12.4. The normalized spacial score (nSPS) is 14.5. The molecule has 0 bridgehead atoms. The second-order valence-electron chi connectivity index (χ2n) is 5.15. The summed E-state index contributed by atoms with van der Waals surface area (Å²) in [6, 6.07) is 7.16. The van der Waals surface area contributed by atoms with Crippen molar-refractivity contribution in [3.8, 4) is 0 Å². The summed E-state index contributed by atoms with van der Waals surface area (Å²) >= 11 is 0. The summed E-state index contributed by atoms with van der Waals surface area (Å²) < 4.78 is 5.20. The van der Waals surface area contributed by atoms with Crippen molar-refractivity contribution in [2.45, 2.75) is 40.2 Å². The summed E-state index contributed by atoms with van der Waals surface area (Å²) in [5.41, 5.74) is 4.13. The minimum absolute atomic E-state index is 0.422. The monoisotopic (exact) mass is 249 g/mol. The molecule has 0 spiro atoms. The molecule has 1 aromatic carbocycles. The quantitative estimate of drug-likeness (QED) is 0.797. The lowest BCUT2D eigenvalue weighted by Gasteiger charge is -2.27. The predicted molar refractivity (Wildman–Crippen MR) is 78.0 cm³/mol. The van der Waals surface area contributed by atoms with Gasteiger partial charge in [0.25, 0.3) is 0 Å². The lowest BCUT2D eigenvalue weighted by Crippen LogP contribution is -2.28. The average Bonchev–Trinajstić information content (AvgIpc) is 2.34. The van der Waals surface area contributed by atoms with E-state index in [1.807, 2.05) is 0 Å². The first-order valence-electron chi connectivity index (χ1n) is 6.89. The molecular weight excluding hydrogens is 222 g/mol. The minimum Gasteiger partial charge on any atom is -0.385 e. The Morgan fingerprint density at radius 3 is 2.56 bits per heavy atom. The summed E-state index contributed by atoms with van der Waals surface area (Å²) in [6.07, 6.45) is 1.08. The van der Waals surface area contributed by atoms with E-state index in [1.54, 1.807) is 7.11 Å². The fourth-order valence-electron chi connectivity index (χ4n) is 2.48. The summed E-state index contributed by atoms with van der Waals surface area (Å²) in [5.74, 6) is 0.575. The van der Waals surface area contributed by atoms with Crippen molar-refractivity contribution in [1.29, 1.82) is 0 Å². The Hall–Kier alpha value is -0.860. The van der Waals surface area contributed by atoms with E-state index in [0.717, 1.165) is 19.6 Å².